The second-order valence-corrected chi connectivity index (χ2v) is 8.23. The summed E-state index contributed by atoms with van der Waals surface area (Å²) < 4.78 is 23.6. The molecule has 0 aromatic heterocycles. The summed E-state index contributed by atoms with van der Waals surface area (Å²) in [7, 11) is -3.20. The van der Waals surface area contributed by atoms with Crippen LogP contribution in [0.15, 0.2) is 29.2 Å². The lowest BCUT2D eigenvalue weighted by Crippen LogP contribution is -2.43. The van der Waals surface area contributed by atoms with Crippen LogP contribution in [0.2, 0.25) is 0 Å². The molecule has 2 aliphatic heterocycles. The lowest BCUT2D eigenvalue weighted by atomic mass is 10.0. The maximum atomic E-state index is 12.7. The molecule has 2 fully saturated rings. The zero-order chi connectivity index (χ0) is 15.0. The minimum atomic E-state index is -3.20. The Morgan fingerprint density at radius 2 is 1.67 bits per heavy atom. The molecule has 2 saturated heterocycles. The Kier molecular flexibility index (Phi) is 3.78. The third-order valence-electron chi connectivity index (χ3n) is 4.77. The zero-order valence-corrected chi connectivity index (χ0v) is 13.1. The second kappa shape index (κ2) is 5.44. The number of hydrogen-bond acceptors (Lipinski definition) is 3. The molecule has 1 amide bonds. The van der Waals surface area contributed by atoms with E-state index in [0.29, 0.717) is 22.5 Å². The van der Waals surface area contributed by atoms with Gasteiger partial charge in [0.15, 0.2) is 9.84 Å². The minimum Gasteiger partial charge on any atom is -0.333 e. The largest absolute Gasteiger partial charge is 0.333 e. The van der Waals surface area contributed by atoms with Crippen molar-refractivity contribution in [2.45, 2.75) is 56.0 Å². The molecular formula is C16H21NO3S. The van der Waals surface area contributed by atoms with Gasteiger partial charge in [-0.1, -0.05) is 6.92 Å². The van der Waals surface area contributed by atoms with Gasteiger partial charge in [0.1, 0.15) is 0 Å². The molecule has 2 bridgehead atoms. The van der Waals surface area contributed by atoms with Crippen LogP contribution >= 0.6 is 0 Å². The molecule has 114 valence electrons. The van der Waals surface area contributed by atoms with Gasteiger partial charge in [0.2, 0.25) is 0 Å². The number of carbonyl (C=O) groups excluding carboxylic acids is 1. The van der Waals surface area contributed by atoms with Gasteiger partial charge < -0.3 is 4.90 Å². The minimum absolute atomic E-state index is 0.0580. The normalized spacial score (nSPS) is 25.1. The van der Waals surface area contributed by atoms with Crippen molar-refractivity contribution in [2.75, 3.05) is 5.75 Å². The van der Waals surface area contributed by atoms with Gasteiger partial charge in [-0.05, 0) is 56.4 Å². The molecule has 2 atom stereocenters. The van der Waals surface area contributed by atoms with E-state index in [1.165, 1.54) is 6.42 Å². The maximum Gasteiger partial charge on any atom is 0.254 e. The fourth-order valence-corrected chi connectivity index (χ4v) is 4.45. The van der Waals surface area contributed by atoms with E-state index in [1.54, 1.807) is 31.2 Å². The lowest BCUT2D eigenvalue weighted by Gasteiger charge is -2.34. The average Bonchev–Trinajstić information content (AvgIpc) is 2.75. The summed E-state index contributed by atoms with van der Waals surface area (Å²) in [6, 6.07) is 7.18. The van der Waals surface area contributed by atoms with E-state index in [0.717, 1.165) is 25.7 Å². The molecule has 0 spiro atoms. The number of carbonyl (C=O) groups is 1. The van der Waals surface area contributed by atoms with Crippen molar-refractivity contribution in [3.8, 4) is 0 Å². The Labute approximate surface area is 126 Å². The van der Waals surface area contributed by atoms with Crippen molar-refractivity contribution in [1.82, 2.24) is 4.90 Å². The quantitative estimate of drug-likeness (QED) is 0.862. The summed E-state index contributed by atoms with van der Waals surface area (Å²) in [5, 5.41) is 0. The first-order valence-electron chi connectivity index (χ1n) is 7.68. The van der Waals surface area contributed by atoms with Crippen molar-refractivity contribution in [1.29, 1.82) is 0 Å². The van der Waals surface area contributed by atoms with Crippen molar-refractivity contribution in [3.63, 3.8) is 0 Å². The molecule has 3 rings (SSSR count). The first-order valence-corrected chi connectivity index (χ1v) is 9.33. The van der Waals surface area contributed by atoms with Crippen molar-refractivity contribution >= 4 is 15.7 Å². The number of piperidine rings is 1. The highest BCUT2D eigenvalue weighted by Gasteiger charge is 2.39. The van der Waals surface area contributed by atoms with Crippen LogP contribution in [0.4, 0.5) is 0 Å². The molecule has 0 aliphatic carbocycles. The summed E-state index contributed by atoms with van der Waals surface area (Å²) in [6.07, 6.45) is 5.64. The van der Waals surface area contributed by atoms with Gasteiger partial charge in [-0.15, -0.1) is 0 Å². The predicted octanol–water partition coefficient (Wildman–Crippen LogP) is 2.64. The number of sulfone groups is 1. The summed E-state index contributed by atoms with van der Waals surface area (Å²) in [6.45, 7) is 1.62. The molecule has 1 aromatic rings. The molecule has 0 saturated carbocycles. The van der Waals surface area contributed by atoms with E-state index >= 15 is 0 Å². The van der Waals surface area contributed by atoms with Crippen LogP contribution in [0.3, 0.4) is 0 Å². The number of nitrogens with zero attached hydrogens (tertiary/aromatic N) is 1. The summed E-state index contributed by atoms with van der Waals surface area (Å²) in [5.74, 6) is 0.138. The Hall–Kier alpha value is -1.36. The highest BCUT2D eigenvalue weighted by atomic mass is 32.2. The van der Waals surface area contributed by atoms with E-state index in [-0.39, 0.29) is 11.7 Å². The molecule has 2 aliphatic rings. The molecule has 2 unspecified atom stereocenters. The van der Waals surface area contributed by atoms with Gasteiger partial charge in [0.25, 0.3) is 5.91 Å². The van der Waals surface area contributed by atoms with Crippen molar-refractivity contribution in [3.05, 3.63) is 29.8 Å². The fourth-order valence-electron chi connectivity index (χ4n) is 3.57. The Morgan fingerprint density at radius 3 is 2.19 bits per heavy atom. The van der Waals surface area contributed by atoms with Crippen molar-refractivity contribution < 1.29 is 13.2 Å². The number of hydrogen-bond donors (Lipinski definition) is 0. The summed E-state index contributed by atoms with van der Waals surface area (Å²) >= 11 is 0. The number of amides is 1. The van der Waals surface area contributed by atoms with Gasteiger partial charge in [-0.3, -0.25) is 4.79 Å². The van der Waals surface area contributed by atoms with Crippen LogP contribution in [0.1, 0.15) is 49.4 Å². The molecular weight excluding hydrogens is 286 g/mol. The first-order chi connectivity index (χ1) is 10.0. The van der Waals surface area contributed by atoms with Crippen LogP contribution in [0.5, 0.6) is 0 Å². The highest BCUT2D eigenvalue weighted by molar-refractivity contribution is 7.91. The van der Waals surface area contributed by atoms with Crippen LogP contribution in [0, 0.1) is 0 Å². The van der Waals surface area contributed by atoms with Gasteiger partial charge in [-0.2, -0.15) is 0 Å². The number of fused-ring (bicyclic) bond motifs is 2. The average molecular weight is 307 g/mol. The third-order valence-corrected chi connectivity index (χ3v) is 6.52. The van der Waals surface area contributed by atoms with Crippen LogP contribution in [-0.4, -0.2) is 37.1 Å². The molecule has 21 heavy (non-hydrogen) atoms. The summed E-state index contributed by atoms with van der Waals surface area (Å²) in [4.78, 5) is 15.0. The van der Waals surface area contributed by atoms with Crippen LogP contribution in [0.25, 0.3) is 0 Å². The number of rotatable bonds is 3. The summed E-state index contributed by atoms with van der Waals surface area (Å²) in [5.41, 5.74) is 0.601. The van der Waals surface area contributed by atoms with Crippen LogP contribution < -0.4 is 0 Å². The van der Waals surface area contributed by atoms with Gasteiger partial charge in [0, 0.05) is 17.6 Å². The Bertz CT molecular complexity index is 620. The van der Waals surface area contributed by atoms with E-state index in [2.05, 4.69) is 0 Å². The van der Waals surface area contributed by atoms with Gasteiger partial charge >= 0.3 is 0 Å². The van der Waals surface area contributed by atoms with E-state index in [4.69, 9.17) is 0 Å². The SMILES string of the molecule is CCS(=O)(=O)c1ccc(C(=O)N2C3CCCC2CC3)cc1. The van der Waals surface area contributed by atoms with Crippen molar-refractivity contribution in [2.24, 2.45) is 0 Å². The predicted molar refractivity (Wildman–Crippen MR) is 81.0 cm³/mol. The third kappa shape index (κ3) is 2.59. The highest BCUT2D eigenvalue weighted by Crippen LogP contribution is 2.36. The molecule has 5 heteroatoms. The molecule has 4 nitrogen and oxygen atoms in total. The van der Waals surface area contributed by atoms with Gasteiger partial charge in [0.05, 0.1) is 10.6 Å². The topological polar surface area (TPSA) is 54.5 Å². The van der Waals surface area contributed by atoms with E-state index < -0.39 is 9.84 Å². The molecule has 0 N–H and O–H groups in total. The first kappa shape index (κ1) is 14.6. The fraction of sp³-hybridized carbons (Fsp3) is 0.562. The Morgan fingerprint density at radius 1 is 1.10 bits per heavy atom. The van der Waals surface area contributed by atoms with Crippen LogP contribution in [-0.2, 0) is 9.84 Å². The van der Waals surface area contributed by atoms with E-state index in [9.17, 15) is 13.2 Å². The number of benzene rings is 1. The second-order valence-electron chi connectivity index (χ2n) is 5.96. The van der Waals surface area contributed by atoms with Gasteiger partial charge in [-0.25, -0.2) is 8.42 Å². The Balaban J connectivity index is 1.83. The maximum absolute atomic E-state index is 12.7. The molecule has 2 heterocycles. The molecule has 0 radical (unpaired) electrons. The zero-order valence-electron chi connectivity index (χ0n) is 12.3. The monoisotopic (exact) mass is 307 g/mol. The lowest BCUT2D eigenvalue weighted by molar-refractivity contribution is 0.0595. The standard InChI is InChI=1S/C16H21NO3S/c1-2-21(19,20)15-10-6-12(7-11-15)16(18)17-13-4-3-5-14(17)9-8-13/h6-7,10-11,13-14H,2-5,8-9H2,1H3. The van der Waals surface area contributed by atoms with E-state index in [1.807, 2.05) is 4.90 Å². The smallest absolute Gasteiger partial charge is 0.254 e. The molecule has 1 aromatic carbocycles.